The Labute approximate surface area is 121 Å². The molecule has 1 saturated heterocycles. The van der Waals surface area contributed by atoms with Gasteiger partial charge in [-0.25, -0.2) is 0 Å². The number of rotatable bonds is 6. The maximum Gasteiger partial charge on any atom is 0.0978 e. The van der Waals surface area contributed by atoms with Crippen LogP contribution in [-0.4, -0.2) is 58.3 Å². The molecule has 1 aliphatic rings. The van der Waals surface area contributed by atoms with E-state index in [1.54, 1.807) is 0 Å². The third-order valence-corrected chi connectivity index (χ3v) is 4.17. The van der Waals surface area contributed by atoms with Crippen molar-refractivity contribution in [2.45, 2.75) is 32.2 Å². The molecule has 0 aliphatic carbocycles. The van der Waals surface area contributed by atoms with E-state index in [-0.39, 0.29) is 6.04 Å². The first kappa shape index (κ1) is 15.0. The van der Waals surface area contributed by atoms with Gasteiger partial charge in [0.05, 0.1) is 12.1 Å². The largest absolute Gasteiger partial charge is 0.300 e. The topological polar surface area (TPSA) is 48.1 Å². The van der Waals surface area contributed by atoms with E-state index in [1.165, 1.54) is 5.69 Å². The first-order valence-electron chi connectivity index (χ1n) is 7.57. The minimum Gasteiger partial charge on any atom is -0.300 e. The summed E-state index contributed by atoms with van der Waals surface area (Å²) in [5.41, 5.74) is 1.29. The van der Waals surface area contributed by atoms with Crippen LogP contribution in [-0.2, 0) is 13.5 Å². The van der Waals surface area contributed by atoms with Crippen molar-refractivity contribution < 1.29 is 0 Å². The van der Waals surface area contributed by atoms with Crippen molar-refractivity contribution in [3.63, 3.8) is 0 Å². The molecule has 1 atom stereocenters. The summed E-state index contributed by atoms with van der Waals surface area (Å²) in [6, 6.07) is 4.64. The zero-order valence-corrected chi connectivity index (χ0v) is 12.6. The van der Waals surface area contributed by atoms with E-state index in [0.717, 1.165) is 52.0 Å². The lowest BCUT2D eigenvalue weighted by atomic mass is 10.1. The van der Waals surface area contributed by atoms with Gasteiger partial charge in [0.15, 0.2) is 0 Å². The van der Waals surface area contributed by atoms with Gasteiger partial charge in [0.25, 0.3) is 0 Å². The molecule has 0 N–H and O–H groups in total. The van der Waals surface area contributed by atoms with Gasteiger partial charge in [0.2, 0.25) is 0 Å². The lowest BCUT2D eigenvalue weighted by molar-refractivity contribution is 0.111. The van der Waals surface area contributed by atoms with Crippen molar-refractivity contribution >= 4 is 0 Å². The molecule has 0 spiro atoms. The van der Waals surface area contributed by atoms with Crippen LogP contribution in [0, 0.1) is 11.3 Å². The standard InChI is InChI=1S/C15H25N5/c1-3-4-15(13-16)20-11-9-19(10-12-20)8-6-14-5-7-17-18(14)2/h5,7,15H,3-4,6,8-12H2,1-2H3. The summed E-state index contributed by atoms with van der Waals surface area (Å²) in [6.07, 6.45) is 4.98. The van der Waals surface area contributed by atoms with Gasteiger partial charge in [-0.15, -0.1) is 0 Å². The predicted molar refractivity (Wildman–Crippen MR) is 79.2 cm³/mol. The molecule has 0 radical (unpaired) electrons. The van der Waals surface area contributed by atoms with Gasteiger partial charge in [0.1, 0.15) is 0 Å². The summed E-state index contributed by atoms with van der Waals surface area (Å²) in [7, 11) is 2.00. The second-order valence-electron chi connectivity index (χ2n) is 5.51. The van der Waals surface area contributed by atoms with Crippen molar-refractivity contribution in [2.75, 3.05) is 32.7 Å². The maximum absolute atomic E-state index is 9.22. The van der Waals surface area contributed by atoms with Crippen LogP contribution in [0.15, 0.2) is 12.3 Å². The highest BCUT2D eigenvalue weighted by molar-refractivity contribution is 5.00. The van der Waals surface area contributed by atoms with Gasteiger partial charge in [-0.3, -0.25) is 9.58 Å². The normalized spacial score (nSPS) is 18.9. The lowest BCUT2D eigenvalue weighted by Crippen LogP contribution is -2.50. The molecular formula is C15H25N5. The summed E-state index contributed by atoms with van der Waals surface area (Å²) in [6.45, 7) is 7.40. The Morgan fingerprint density at radius 3 is 2.65 bits per heavy atom. The lowest BCUT2D eigenvalue weighted by Gasteiger charge is -2.36. The zero-order chi connectivity index (χ0) is 14.4. The molecule has 1 aliphatic heterocycles. The molecule has 0 saturated carbocycles. The fourth-order valence-electron chi connectivity index (χ4n) is 2.82. The highest BCUT2D eigenvalue weighted by atomic mass is 15.3. The van der Waals surface area contributed by atoms with Crippen LogP contribution in [0.2, 0.25) is 0 Å². The van der Waals surface area contributed by atoms with Crippen molar-refractivity contribution in [1.82, 2.24) is 19.6 Å². The Balaban J connectivity index is 1.74. The molecule has 2 rings (SSSR count). The van der Waals surface area contributed by atoms with Gasteiger partial charge < -0.3 is 4.90 Å². The first-order chi connectivity index (χ1) is 9.74. The molecule has 1 unspecified atom stereocenters. The number of hydrogen-bond donors (Lipinski definition) is 0. The molecule has 1 fully saturated rings. The van der Waals surface area contributed by atoms with E-state index in [0.29, 0.717) is 0 Å². The third-order valence-electron chi connectivity index (χ3n) is 4.17. The fourth-order valence-corrected chi connectivity index (χ4v) is 2.82. The Morgan fingerprint density at radius 2 is 2.10 bits per heavy atom. The zero-order valence-electron chi connectivity index (χ0n) is 12.6. The first-order valence-corrected chi connectivity index (χ1v) is 7.57. The summed E-state index contributed by atoms with van der Waals surface area (Å²) >= 11 is 0. The molecule has 0 amide bonds. The number of nitrogens with zero attached hydrogens (tertiary/aromatic N) is 5. The minimum atomic E-state index is 0.110. The Hall–Kier alpha value is -1.38. The minimum absolute atomic E-state index is 0.110. The summed E-state index contributed by atoms with van der Waals surface area (Å²) in [5, 5.41) is 13.4. The number of piperazine rings is 1. The van der Waals surface area contributed by atoms with E-state index in [9.17, 15) is 5.26 Å². The number of nitriles is 1. The molecule has 2 heterocycles. The summed E-state index contributed by atoms with van der Waals surface area (Å²) in [5.74, 6) is 0. The second kappa shape index (κ2) is 7.41. The van der Waals surface area contributed by atoms with Gasteiger partial charge in [-0.1, -0.05) is 13.3 Å². The maximum atomic E-state index is 9.22. The van der Waals surface area contributed by atoms with E-state index >= 15 is 0 Å². The van der Waals surface area contributed by atoms with E-state index in [1.807, 2.05) is 17.9 Å². The van der Waals surface area contributed by atoms with Crippen LogP contribution in [0.5, 0.6) is 0 Å². The van der Waals surface area contributed by atoms with Crippen molar-refractivity contribution in [1.29, 1.82) is 5.26 Å². The van der Waals surface area contributed by atoms with Gasteiger partial charge in [-0.2, -0.15) is 10.4 Å². The Morgan fingerprint density at radius 1 is 1.35 bits per heavy atom. The highest BCUT2D eigenvalue weighted by Gasteiger charge is 2.22. The average Bonchev–Trinajstić information content (AvgIpc) is 2.89. The quantitative estimate of drug-likeness (QED) is 0.784. The van der Waals surface area contributed by atoms with Crippen LogP contribution in [0.4, 0.5) is 0 Å². The molecule has 5 nitrogen and oxygen atoms in total. The summed E-state index contributed by atoms with van der Waals surface area (Å²) < 4.78 is 1.95. The van der Waals surface area contributed by atoms with Crippen LogP contribution in [0.25, 0.3) is 0 Å². The monoisotopic (exact) mass is 275 g/mol. The van der Waals surface area contributed by atoms with Crippen LogP contribution in [0.1, 0.15) is 25.5 Å². The molecule has 20 heavy (non-hydrogen) atoms. The average molecular weight is 275 g/mol. The SMILES string of the molecule is CCCC(C#N)N1CCN(CCc2ccnn2C)CC1. The van der Waals surface area contributed by atoms with Crippen molar-refractivity contribution in [3.8, 4) is 6.07 Å². The molecule has 110 valence electrons. The molecule has 1 aromatic rings. The van der Waals surface area contributed by atoms with E-state index in [4.69, 9.17) is 0 Å². The smallest absolute Gasteiger partial charge is 0.0978 e. The number of hydrogen-bond acceptors (Lipinski definition) is 4. The van der Waals surface area contributed by atoms with Gasteiger partial charge >= 0.3 is 0 Å². The van der Waals surface area contributed by atoms with Crippen molar-refractivity contribution in [2.24, 2.45) is 7.05 Å². The van der Waals surface area contributed by atoms with Crippen LogP contribution >= 0.6 is 0 Å². The molecule has 5 heteroatoms. The molecule has 0 bridgehead atoms. The fraction of sp³-hybridized carbons (Fsp3) is 0.733. The van der Waals surface area contributed by atoms with Crippen LogP contribution in [0.3, 0.4) is 0 Å². The van der Waals surface area contributed by atoms with E-state index in [2.05, 4.69) is 34.0 Å². The predicted octanol–water partition coefficient (Wildman–Crippen LogP) is 1.27. The van der Waals surface area contributed by atoms with Gasteiger partial charge in [0, 0.05) is 58.1 Å². The molecular weight excluding hydrogens is 250 g/mol. The Kier molecular flexibility index (Phi) is 5.57. The Bertz CT molecular complexity index is 439. The second-order valence-corrected chi connectivity index (χ2v) is 5.51. The third kappa shape index (κ3) is 3.81. The highest BCUT2D eigenvalue weighted by Crippen LogP contribution is 2.11. The summed E-state index contributed by atoms with van der Waals surface area (Å²) in [4.78, 5) is 4.83. The van der Waals surface area contributed by atoms with E-state index < -0.39 is 0 Å². The number of aromatic nitrogens is 2. The number of aryl methyl sites for hydroxylation is 1. The molecule has 0 aromatic carbocycles. The van der Waals surface area contributed by atoms with Crippen LogP contribution < -0.4 is 0 Å². The molecule has 1 aromatic heterocycles. The van der Waals surface area contributed by atoms with Gasteiger partial charge in [-0.05, 0) is 12.5 Å². The van der Waals surface area contributed by atoms with Crippen molar-refractivity contribution in [3.05, 3.63) is 18.0 Å².